The normalized spacial score (nSPS) is 13.2. The minimum atomic E-state index is -0.811. The van der Waals surface area contributed by atoms with Gasteiger partial charge in [0.1, 0.15) is 5.92 Å². The third kappa shape index (κ3) is 1.64. The van der Waals surface area contributed by atoms with E-state index in [1.165, 1.54) is 0 Å². The van der Waals surface area contributed by atoms with E-state index in [2.05, 4.69) is 10.2 Å². The predicted molar refractivity (Wildman–Crippen MR) is 43.8 cm³/mol. The summed E-state index contributed by atoms with van der Waals surface area (Å²) in [5.41, 5.74) is 0.664. The molecular weight excluding hydrogens is 156 g/mol. The highest BCUT2D eigenvalue weighted by Gasteiger charge is 2.24. The van der Waals surface area contributed by atoms with E-state index in [-0.39, 0.29) is 5.92 Å². The Balaban J connectivity index is 2.88. The van der Waals surface area contributed by atoms with E-state index in [1.807, 2.05) is 13.8 Å². The van der Waals surface area contributed by atoms with Crippen molar-refractivity contribution in [3.63, 3.8) is 0 Å². The van der Waals surface area contributed by atoms with Crippen LogP contribution in [-0.4, -0.2) is 21.3 Å². The molecule has 0 amide bonds. The summed E-state index contributed by atoms with van der Waals surface area (Å²) in [6.45, 7) is 3.75. The van der Waals surface area contributed by atoms with Gasteiger partial charge in [0.2, 0.25) is 0 Å². The van der Waals surface area contributed by atoms with E-state index < -0.39 is 11.9 Å². The van der Waals surface area contributed by atoms with Crippen molar-refractivity contribution < 1.29 is 9.90 Å². The Morgan fingerprint density at radius 1 is 1.67 bits per heavy atom. The van der Waals surface area contributed by atoms with Crippen LogP contribution < -0.4 is 0 Å². The topological polar surface area (TPSA) is 66.0 Å². The quantitative estimate of drug-likeness (QED) is 0.713. The first kappa shape index (κ1) is 8.77. The number of carbonyl (C=O) groups is 1. The summed E-state index contributed by atoms with van der Waals surface area (Å²) < 4.78 is 0. The largest absolute Gasteiger partial charge is 0.481 e. The molecule has 0 aliphatic heterocycles. The molecule has 0 saturated carbocycles. The number of hydrogen-bond acceptors (Lipinski definition) is 2. The van der Waals surface area contributed by atoms with Crippen LogP contribution in [0.2, 0.25) is 0 Å². The molecule has 2 N–H and O–H groups in total. The van der Waals surface area contributed by atoms with Crippen molar-refractivity contribution in [2.75, 3.05) is 0 Å². The Bertz CT molecular complexity index is 254. The summed E-state index contributed by atoms with van der Waals surface area (Å²) in [6, 6.07) is 1.69. The van der Waals surface area contributed by atoms with Gasteiger partial charge in [0.25, 0.3) is 0 Å². The van der Waals surface area contributed by atoms with Crippen molar-refractivity contribution in [2.24, 2.45) is 5.92 Å². The van der Waals surface area contributed by atoms with Gasteiger partial charge in [-0.25, -0.2) is 0 Å². The fourth-order valence-electron chi connectivity index (χ4n) is 1.22. The maximum Gasteiger partial charge on any atom is 0.312 e. The number of carboxylic acids is 1. The molecule has 1 unspecified atom stereocenters. The number of nitrogens with one attached hydrogen (secondary N) is 1. The summed E-state index contributed by atoms with van der Waals surface area (Å²) in [7, 11) is 0. The average molecular weight is 168 g/mol. The molecule has 0 bridgehead atoms. The predicted octanol–water partition coefficient (Wildman–Crippen LogP) is 1.23. The van der Waals surface area contributed by atoms with Crippen molar-refractivity contribution in [1.82, 2.24) is 10.2 Å². The van der Waals surface area contributed by atoms with Crippen LogP contribution in [0.1, 0.15) is 25.5 Å². The Kier molecular flexibility index (Phi) is 2.47. The van der Waals surface area contributed by atoms with Crippen LogP contribution in [-0.2, 0) is 4.79 Å². The monoisotopic (exact) mass is 168 g/mol. The summed E-state index contributed by atoms with van der Waals surface area (Å²) in [4.78, 5) is 10.8. The van der Waals surface area contributed by atoms with Crippen LogP contribution in [0.25, 0.3) is 0 Å². The van der Waals surface area contributed by atoms with E-state index in [4.69, 9.17) is 5.11 Å². The average Bonchev–Trinajstić information content (AvgIpc) is 2.37. The van der Waals surface area contributed by atoms with Gasteiger partial charge in [0.15, 0.2) is 0 Å². The van der Waals surface area contributed by atoms with Crippen LogP contribution in [0.15, 0.2) is 12.3 Å². The minimum absolute atomic E-state index is 0.0722. The molecule has 1 heterocycles. The van der Waals surface area contributed by atoms with Gasteiger partial charge in [-0.05, 0) is 12.0 Å². The third-order valence-corrected chi connectivity index (χ3v) is 1.79. The van der Waals surface area contributed by atoms with Gasteiger partial charge in [-0.15, -0.1) is 0 Å². The molecule has 0 aliphatic rings. The van der Waals surface area contributed by atoms with E-state index in [9.17, 15) is 4.79 Å². The van der Waals surface area contributed by atoms with Crippen LogP contribution in [0, 0.1) is 5.92 Å². The van der Waals surface area contributed by atoms with Crippen LogP contribution in [0.4, 0.5) is 0 Å². The number of carboxylic acid groups (broad SMARTS) is 1. The molecule has 1 rings (SSSR count). The SMILES string of the molecule is CC(C)C(C(=O)O)c1ccn[nH]1. The highest BCUT2D eigenvalue weighted by Crippen LogP contribution is 2.21. The van der Waals surface area contributed by atoms with E-state index in [0.29, 0.717) is 5.69 Å². The molecule has 4 heteroatoms. The highest BCUT2D eigenvalue weighted by atomic mass is 16.4. The van der Waals surface area contributed by atoms with Gasteiger partial charge >= 0.3 is 5.97 Å². The molecule has 0 fully saturated rings. The molecule has 1 aromatic heterocycles. The smallest absolute Gasteiger partial charge is 0.312 e. The fourth-order valence-corrected chi connectivity index (χ4v) is 1.22. The van der Waals surface area contributed by atoms with Gasteiger partial charge < -0.3 is 5.11 Å². The first-order valence-electron chi connectivity index (χ1n) is 3.85. The number of aromatic nitrogens is 2. The second kappa shape index (κ2) is 3.38. The maximum atomic E-state index is 10.8. The van der Waals surface area contributed by atoms with Gasteiger partial charge in [0, 0.05) is 11.9 Å². The number of H-pyrrole nitrogens is 1. The summed E-state index contributed by atoms with van der Waals surface area (Å²) >= 11 is 0. The second-order valence-corrected chi connectivity index (χ2v) is 3.07. The van der Waals surface area contributed by atoms with Crippen LogP contribution in [0.3, 0.4) is 0 Å². The van der Waals surface area contributed by atoms with Crippen molar-refractivity contribution in [3.8, 4) is 0 Å². The maximum absolute atomic E-state index is 10.8. The van der Waals surface area contributed by atoms with Gasteiger partial charge in [-0.1, -0.05) is 13.8 Å². The zero-order chi connectivity index (χ0) is 9.14. The second-order valence-electron chi connectivity index (χ2n) is 3.07. The van der Waals surface area contributed by atoms with Crippen molar-refractivity contribution in [2.45, 2.75) is 19.8 Å². The van der Waals surface area contributed by atoms with Crippen LogP contribution in [0.5, 0.6) is 0 Å². The number of nitrogens with zero attached hydrogens (tertiary/aromatic N) is 1. The molecule has 0 aromatic carbocycles. The minimum Gasteiger partial charge on any atom is -0.481 e. The number of aliphatic carboxylic acids is 1. The highest BCUT2D eigenvalue weighted by molar-refractivity contribution is 5.75. The third-order valence-electron chi connectivity index (χ3n) is 1.79. The van der Waals surface area contributed by atoms with E-state index in [1.54, 1.807) is 12.3 Å². The first-order chi connectivity index (χ1) is 5.63. The number of hydrogen-bond donors (Lipinski definition) is 2. The molecule has 0 aliphatic carbocycles. The molecule has 4 nitrogen and oxygen atoms in total. The van der Waals surface area contributed by atoms with Gasteiger partial charge in [0.05, 0.1) is 0 Å². The zero-order valence-electron chi connectivity index (χ0n) is 7.11. The lowest BCUT2D eigenvalue weighted by atomic mass is 9.93. The number of rotatable bonds is 3. The fraction of sp³-hybridized carbons (Fsp3) is 0.500. The molecule has 1 atom stereocenters. The van der Waals surface area contributed by atoms with Crippen LogP contribution >= 0.6 is 0 Å². The Morgan fingerprint density at radius 3 is 2.67 bits per heavy atom. The van der Waals surface area contributed by atoms with Crippen molar-refractivity contribution >= 4 is 5.97 Å². The molecule has 0 spiro atoms. The van der Waals surface area contributed by atoms with Crippen molar-refractivity contribution in [1.29, 1.82) is 0 Å². The molecule has 0 saturated heterocycles. The zero-order valence-corrected chi connectivity index (χ0v) is 7.11. The summed E-state index contributed by atoms with van der Waals surface area (Å²) in [5.74, 6) is -1.22. The molecule has 0 radical (unpaired) electrons. The lowest BCUT2D eigenvalue weighted by molar-refractivity contribution is -0.140. The first-order valence-corrected chi connectivity index (χ1v) is 3.85. The Morgan fingerprint density at radius 2 is 2.33 bits per heavy atom. The standard InChI is InChI=1S/C8H12N2O2/c1-5(2)7(8(11)12)6-3-4-9-10-6/h3-5,7H,1-2H3,(H,9,10)(H,11,12). The number of aromatic amines is 1. The summed E-state index contributed by atoms with van der Waals surface area (Å²) in [5, 5.41) is 15.3. The lowest BCUT2D eigenvalue weighted by Gasteiger charge is -2.13. The lowest BCUT2D eigenvalue weighted by Crippen LogP contribution is -2.17. The van der Waals surface area contributed by atoms with Gasteiger partial charge in [-0.3, -0.25) is 9.89 Å². The molecule has 1 aromatic rings. The Hall–Kier alpha value is -1.32. The Labute approximate surface area is 70.6 Å². The van der Waals surface area contributed by atoms with Gasteiger partial charge in [-0.2, -0.15) is 5.10 Å². The van der Waals surface area contributed by atoms with E-state index in [0.717, 1.165) is 0 Å². The molecular formula is C8H12N2O2. The van der Waals surface area contributed by atoms with E-state index >= 15 is 0 Å². The summed E-state index contributed by atoms with van der Waals surface area (Å²) in [6.07, 6.45) is 1.56. The molecule has 66 valence electrons. The molecule has 12 heavy (non-hydrogen) atoms. The van der Waals surface area contributed by atoms with Crippen molar-refractivity contribution in [3.05, 3.63) is 18.0 Å².